The van der Waals surface area contributed by atoms with Gasteiger partial charge in [-0.3, -0.25) is 0 Å². The van der Waals surface area contributed by atoms with Crippen molar-refractivity contribution in [2.45, 2.75) is 44.8 Å². The van der Waals surface area contributed by atoms with Crippen LogP contribution in [0, 0.1) is 5.92 Å². The van der Waals surface area contributed by atoms with Gasteiger partial charge in [0.15, 0.2) is 5.16 Å². The number of para-hydroxylation sites is 2. The normalized spacial score (nSPS) is 18.4. The quantitative estimate of drug-likeness (QED) is 0.472. The van der Waals surface area contributed by atoms with Crippen LogP contribution in [0.4, 0.5) is 4.79 Å². The number of carboxylic acids is 1. The van der Waals surface area contributed by atoms with Gasteiger partial charge < -0.3 is 24.0 Å². The molecule has 172 valence electrons. The number of fused-ring (bicyclic) bond motifs is 1. The predicted molar refractivity (Wildman–Crippen MR) is 122 cm³/mol. The number of likely N-dealkylation sites (tertiary alicyclic amines) is 1. The lowest BCUT2D eigenvalue weighted by molar-refractivity contribution is -0.142. The maximum atomic E-state index is 12.4. The fourth-order valence-electron chi connectivity index (χ4n) is 3.74. The number of imidazole rings is 1. The molecule has 1 unspecified atom stereocenters. The number of aliphatic carboxylic acids is 1. The standard InChI is InChI=1S/C20H27N3O5S.C2H6/c1-14-12-22(20(26)28-11-5-10-27-13-18(24)25)9-8-16(14)23-17-7-4-3-6-15(17)21-19(23)29-2;1-2/h3-4,6-7,14,16H,5,8-13H2,1-2H3,(H,24,25);1-2H3/t14-,16?;/m0./s1. The summed E-state index contributed by atoms with van der Waals surface area (Å²) in [6.45, 7) is 7.55. The molecule has 0 bridgehead atoms. The zero-order chi connectivity index (χ0) is 22.8. The largest absolute Gasteiger partial charge is 0.480 e. The van der Waals surface area contributed by atoms with Crippen molar-refractivity contribution in [2.24, 2.45) is 5.92 Å². The maximum Gasteiger partial charge on any atom is 0.409 e. The van der Waals surface area contributed by atoms with Crippen LogP contribution in [-0.2, 0) is 14.3 Å². The predicted octanol–water partition coefficient (Wildman–Crippen LogP) is 4.30. The first-order chi connectivity index (χ1) is 15.0. The number of hydrogen-bond acceptors (Lipinski definition) is 6. The van der Waals surface area contributed by atoms with Crippen LogP contribution in [0.1, 0.15) is 39.7 Å². The van der Waals surface area contributed by atoms with Gasteiger partial charge >= 0.3 is 12.1 Å². The first kappa shape index (κ1) is 25.0. The van der Waals surface area contributed by atoms with Crippen LogP contribution >= 0.6 is 11.8 Å². The molecule has 31 heavy (non-hydrogen) atoms. The number of amides is 1. The lowest BCUT2D eigenvalue weighted by Gasteiger charge is -2.37. The number of thioether (sulfide) groups is 1. The summed E-state index contributed by atoms with van der Waals surface area (Å²) >= 11 is 1.64. The number of aromatic nitrogens is 2. The van der Waals surface area contributed by atoms with Gasteiger partial charge in [0.1, 0.15) is 6.61 Å². The van der Waals surface area contributed by atoms with Crippen molar-refractivity contribution in [1.29, 1.82) is 0 Å². The SMILES string of the molecule is CC.CSc1nc2ccccc2n1C1CCN(C(=O)OCCCOCC(=O)O)C[C@@H]1C. The van der Waals surface area contributed by atoms with E-state index in [0.29, 0.717) is 19.5 Å². The molecule has 2 atom stereocenters. The Morgan fingerprint density at radius 1 is 1.26 bits per heavy atom. The smallest absolute Gasteiger partial charge is 0.409 e. The minimum atomic E-state index is -1.01. The number of piperidine rings is 1. The lowest BCUT2D eigenvalue weighted by Crippen LogP contribution is -2.44. The van der Waals surface area contributed by atoms with Crippen molar-refractivity contribution in [1.82, 2.24) is 14.5 Å². The molecule has 0 radical (unpaired) electrons. The molecule has 1 amide bonds. The number of ether oxygens (including phenoxy) is 2. The number of rotatable bonds is 8. The summed E-state index contributed by atoms with van der Waals surface area (Å²) in [5, 5.41) is 9.51. The van der Waals surface area contributed by atoms with E-state index in [1.807, 2.05) is 38.3 Å². The topological polar surface area (TPSA) is 93.9 Å². The van der Waals surface area contributed by atoms with Crippen LogP contribution in [0.2, 0.25) is 0 Å². The molecule has 9 heteroatoms. The minimum Gasteiger partial charge on any atom is -0.480 e. The summed E-state index contributed by atoms with van der Waals surface area (Å²) in [6.07, 6.45) is 3.03. The van der Waals surface area contributed by atoms with E-state index in [4.69, 9.17) is 19.6 Å². The lowest BCUT2D eigenvalue weighted by atomic mass is 9.93. The second-order valence-corrected chi connectivity index (χ2v) is 7.92. The summed E-state index contributed by atoms with van der Waals surface area (Å²) in [4.78, 5) is 29.2. The van der Waals surface area contributed by atoms with Gasteiger partial charge in [0.2, 0.25) is 0 Å². The molecular weight excluding hydrogens is 418 g/mol. The average molecular weight is 452 g/mol. The van der Waals surface area contributed by atoms with E-state index >= 15 is 0 Å². The summed E-state index contributed by atoms with van der Waals surface area (Å²) in [5.74, 6) is -0.743. The minimum absolute atomic E-state index is 0.218. The molecule has 1 aliphatic rings. The second kappa shape index (κ2) is 12.6. The Hall–Kier alpha value is -2.26. The van der Waals surface area contributed by atoms with Gasteiger partial charge in [-0.15, -0.1) is 0 Å². The number of carbonyl (C=O) groups is 2. The van der Waals surface area contributed by atoms with Gasteiger partial charge in [0.25, 0.3) is 0 Å². The monoisotopic (exact) mass is 451 g/mol. The third-order valence-corrected chi connectivity index (χ3v) is 5.73. The Morgan fingerprint density at radius 2 is 2.00 bits per heavy atom. The maximum absolute atomic E-state index is 12.4. The zero-order valence-corrected chi connectivity index (χ0v) is 19.6. The highest BCUT2D eigenvalue weighted by Crippen LogP contribution is 2.35. The highest BCUT2D eigenvalue weighted by Gasteiger charge is 2.32. The molecule has 1 fully saturated rings. The van der Waals surface area contributed by atoms with Gasteiger partial charge in [0, 0.05) is 25.6 Å². The van der Waals surface area contributed by atoms with Crippen LogP contribution in [0.25, 0.3) is 11.0 Å². The van der Waals surface area contributed by atoms with E-state index in [0.717, 1.165) is 22.6 Å². The summed E-state index contributed by atoms with van der Waals surface area (Å²) in [6, 6.07) is 8.43. The molecule has 8 nitrogen and oxygen atoms in total. The number of carboxylic acid groups (broad SMARTS) is 1. The molecule has 1 aromatic carbocycles. The van der Waals surface area contributed by atoms with Crippen molar-refractivity contribution < 1.29 is 24.2 Å². The van der Waals surface area contributed by atoms with E-state index in [2.05, 4.69) is 17.6 Å². The molecule has 1 N–H and O–H groups in total. The molecule has 1 aliphatic heterocycles. The van der Waals surface area contributed by atoms with Crippen molar-refractivity contribution in [3.8, 4) is 0 Å². The van der Waals surface area contributed by atoms with Gasteiger partial charge in [-0.05, 0) is 30.7 Å². The molecule has 1 saturated heterocycles. The highest BCUT2D eigenvalue weighted by molar-refractivity contribution is 7.98. The van der Waals surface area contributed by atoms with Crippen LogP contribution in [0.3, 0.4) is 0 Å². The van der Waals surface area contributed by atoms with Crippen molar-refractivity contribution in [3.05, 3.63) is 24.3 Å². The number of benzene rings is 1. The Labute approximate surface area is 187 Å². The van der Waals surface area contributed by atoms with Crippen LogP contribution in [-0.4, -0.2) is 70.8 Å². The van der Waals surface area contributed by atoms with Crippen molar-refractivity contribution >= 4 is 34.9 Å². The van der Waals surface area contributed by atoms with E-state index in [9.17, 15) is 9.59 Å². The second-order valence-electron chi connectivity index (χ2n) is 7.15. The Bertz CT molecular complexity index is 857. The first-order valence-electron chi connectivity index (χ1n) is 10.7. The fourth-order valence-corrected chi connectivity index (χ4v) is 4.36. The zero-order valence-electron chi connectivity index (χ0n) is 18.7. The molecule has 0 aliphatic carbocycles. The van der Waals surface area contributed by atoms with Gasteiger partial charge in [-0.25, -0.2) is 14.6 Å². The van der Waals surface area contributed by atoms with Gasteiger partial charge in [-0.2, -0.15) is 0 Å². The van der Waals surface area contributed by atoms with Crippen LogP contribution in [0.5, 0.6) is 0 Å². The number of nitrogens with zero attached hydrogens (tertiary/aromatic N) is 3. The molecule has 0 saturated carbocycles. The third kappa shape index (κ3) is 6.61. The highest BCUT2D eigenvalue weighted by atomic mass is 32.2. The summed E-state index contributed by atoms with van der Waals surface area (Å²) in [5.41, 5.74) is 2.13. The van der Waals surface area contributed by atoms with Gasteiger partial charge in [0.05, 0.1) is 24.2 Å². The summed E-state index contributed by atoms with van der Waals surface area (Å²) < 4.78 is 12.6. The first-order valence-corrected chi connectivity index (χ1v) is 12.0. The van der Waals surface area contributed by atoms with Crippen molar-refractivity contribution in [2.75, 3.05) is 39.2 Å². The Balaban J connectivity index is 0.00000166. The Kier molecular flexibility index (Phi) is 10.1. The molecular formula is C22H33N3O5S. The average Bonchev–Trinajstić information content (AvgIpc) is 3.15. The number of carbonyl (C=O) groups excluding carboxylic acids is 1. The molecule has 3 rings (SSSR count). The van der Waals surface area contributed by atoms with E-state index < -0.39 is 5.97 Å². The Morgan fingerprint density at radius 3 is 2.68 bits per heavy atom. The molecule has 1 aromatic heterocycles. The van der Waals surface area contributed by atoms with Crippen LogP contribution in [0.15, 0.2) is 29.4 Å². The van der Waals surface area contributed by atoms with Crippen LogP contribution < -0.4 is 0 Å². The van der Waals surface area contributed by atoms with E-state index in [1.54, 1.807) is 16.7 Å². The van der Waals surface area contributed by atoms with E-state index in [-0.39, 0.29) is 37.9 Å². The number of hydrogen-bond donors (Lipinski definition) is 1. The fraction of sp³-hybridized carbons (Fsp3) is 0.591. The molecule has 2 heterocycles. The summed E-state index contributed by atoms with van der Waals surface area (Å²) in [7, 11) is 0. The molecule has 2 aromatic rings. The van der Waals surface area contributed by atoms with Crippen molar-refractivity contribution in [3.63, 3.8) is 0 Å². The molecule has 0 spiro atoms. The third-order valence-electron chi connectivity index (χ3n) is 5.08. The van der Waals surface area contributed by atoms with E-state index in [1.165, 1.54) is 0 Å². The van der Waals surface area contributed by atoms with Gasteiger partial charge in [-0.1, -0.05) is 44.7 Å².